The Morgan fingerprint density at radius 2 is 1.72 bits per heavy atom. The second-order valence-electron chi connectivity index (χ2n) is 6.57. The SMILES string of the molecule is C[C@H](NCCS(=O)(=O)C(C)(C)C)C1CCCCC1. The first-order valence-corrected chi connectivity index (χ1v) is 8.85. The summed E-state index contributed by atoms with van der Waals surface area (Å²) in [7, 11) is -2.99. The molecular formula is C14H29NO2S. The van der Waals surface area contributed by atoms with Gasteiger partial charge in [0.1, 0.15) is 0 Å². The van der Waals surface area contributed by atoms with E-state index in [0.717, 1.165) is 5.92 Å². The lowest BCUT2D eigenvalue weighted by atomic mass is 9.84. The highest BCUT2D eigenvalue weighted by Gasteiger charge is 2.28. The van der Waals surface area contributed by atoms with Crippen LogP contribution in [0.1, 0.15) is 59.8 Å². The average Bonchev–Trinajstić information content (AvgIpc) is 2.28. The van der Waals surface area contributed by atoms with E-state index < -0.39 is 14.6 Å². The molecule has 0 heterocycles. The average molecular weight is 275 g/mol. The molecule has 0 aromatic rings. The fraction of sp³-hybridized carbons (Fsp3) is 1.00. The Bertz CT molecular complexity index is 337. The van der Waals surface area contributed by atoms with Crippen LogP contribution in [-0.2, 0) is 9.84 Å². The molecule has 4 heteroatoms. The second kappa shape index (κ2) is 6.38. The topological polar surface area (TPSA) is 46.2 Å². The Morgan fingerprint density at radius 1 is 1.17 bits per heavy atom. The summed E-state index contributed by atoms with van der Waals surface area (Å²) < 4.78 is 23.3. The molecule has 1 aliphatic carbocycles. The van der Waals surface area contributed by atoms with Crippen LogP contribution in [0.3, 0.4) is 0 Å². The van der Waals surface area contributed by atoms with Crippen LogP contribution in [0, 0.1) is 5.92 Å². The van der Waals surface area contributed by atoms with E-state index in [0.29, 0.717) is 12.6 Å². The maximum absolute atomic E-state index is 12.0. The van der Waals surface area contributed by atoms with E-state index in [9.17, 15) is 8.42 Å². The van der Waals surface area contributed by atoms with Crippen LogP contribution in [0.2, 0.25) is 0 Å². The fourth-order valence-corrected chi connectivity index (χ4v) is 3.53. The Labute approximate surface area is 113 Å². The molecule has 3 nitrogen and oxygen atoms in total. The Morgan fingerprint density at radius 3 is 2.22 bits per heavy atom. The molecule has 108 valence electrons. The van der Waals surface area contributed by atoms with Gasteiger partial charge >= 0.3 is 0 Å². The summed E-state index contributed by atoms with van der Waals surface area (Å²) in [6, 6.07) is 0.445. The molecule has 0 spiro atoms. The minimum absolute atomic E-state index is 0.244. The number of hydrogen-bond acceptors (Lipinski definition) is 3. The zero-order valence-corrected chi connectivity index (χ0v) is 13.1. The van der Waals surface area contributed by atoms with Crippen LogP contribution in [0.5, 0.6) is 0 Å². The lowest BCUT2D eigenvalue weighted by Gasteiger charge is -2.29. The van der Waals surface area contributed by atoms with Gasteiger partial charge in [-0.25, -0.2) is 8.42 Å². The van der Waals surface area contributed by atoms with Crippen molar-refractivity contribution in [3.63, 3.8) is 0 Å². The van der Waals surface area contributed by atoms with Crippen molar-refractivity contribution in [2.24, 2.45) is 5.92 Å². The molecule has 0 unspecified atom stereocenters. The third kappa shape index (κ3) is 4.54. The molecule has 1 saturated carbocycles. The van der Waals surface area contributed by atoms with E-state index >= 15 is 0 Å². The van der Waals surface area contributed by atoms with Crippen molar-refractivity contribution in [2.45, 2.75) is 70.6 Å². The number of rotatable bonds is 5. The van der Waals surface area contributed by atoms with E-state index in [4.69, 9.17) is 0 Å². The van der Waals surface area contributed by atoms with Crippen molar-refractivity contribution < 1.29 is 8.42 Å². The van der Waals surface area contributed by atoms with Crippen LogP contribution in [0.4, 0.5) is 0 Å². The summed E-state index contributed by atoms with van der Waals surface area (Å²) in [5, 5.41) is 3.40. The molecule has 0 bridgehead atoms. The lowest BCUT2D eigenvalue weighted by Crippen LogP contribution is -2.40. The summed E-state index contributed by atoms with van der Waals surface area (Å²) in [5.74, 6) is 0.976. The van der Waals surface area contributed by atoms with Crippen molar-refractivity contribution in [3.8, 4) is 0 Å². The number of sulfone groups is 1. The van der Waals surface area contributed by atoms with Crippen LogP contribution < -0.4 is 5.32 Å². The minimum Gasteiger partial charge on any atom is -0.313 e. The largest absolute Gasteiger partial charge is 0.313 e. The van der Waals surface area contributed by atoms with Crippen LogP contribution in [0.25, 0.3) is 0 Å². The molecule has 0 aliphatic heterocycles. The predicted octanol–water partition coefficient (Wildman–Crippen LogP) is 2.76. The molecular weight excluding hydrogens is 246 g/mol. The van der Waals surface area contributed by atoms with Crippen molar-refractivity contribution in [1.29, 1.82) is 0 Å². The summed E-state index contributed by atoms with van der Waals surface area (Å²) in [6.07, 6.45) is 6.61. The standard InChI is InChI=1S/C14H29NO2S/c1-12(13-8-6-5-7-9-13)15-10-11-18(16,17)14(2,3)4/h12-13,15H,5-11H2,1-4H3/t12-/m0/s1. The van der Waals surface area contributed by atoms with E-state index in [-0.39, 0.29) is 5.75 Å². The summed E-state index contributed by atoms with van der Waals surface area (Å²) in [5.41, 5.74) is 0. The predicted molar refractivity (Wildman–Crippen MR) is 77.6 cm³/mol. The molecule has 0 amide bonds. The third-order valence-electron chi connectivity index (χ3n) is 4.13. The van der Waals surface area contributed by atoms with Crippen LogP contribution in [0.15, 0.2) is 0 Å². The molecule has 1 N–H and O–H groups in total. The van der Waals surface area contributed by atoms with Crippen molar-refractivity contribution in [1.82, 2.24) is 5.32 Å². The molecule has 0 aromatic carbocycles. The second-order valence-corrected chi connectivity index (χ2v) is 9.43. The summed E-state index contributed by atoms with van der Waals surface area (Å²) in [6.45, 7) is 8.09. The highest BCUT2D eigenvalue weighted by molar-refractivity contribution is 7.92. The minimum atomic E-state index is -2.99. The summed E-state index contributed by atoms with van der Waals surface area (Å²) >= 11 is 0. The van der Waals surface area contributed by atoms with Gasteiger partial charge in [0.05, 0.1) is 10.5 Å². The zero-order valence-electron chi connectivity index (χ0n) is 12.3. The van der Waals surface area contributed by atoms with E-state index in [2.05, 4.69) is 12.2 Å². The Kier molecular flexibility index (Phi) is 5.66. The van der Waals surface area contributed by atoms with Gasteiger partial charge in [-0.15, -0.1) is 0 Å². The number of nitrogens with one attached hydrogen (secondary N) is 1. The molecule has 0 radical (unpaired) electrons. The van der Waals surface area contributed by atoms with Crippen LogP contribution >= 0.6 is 0 Å². The first-order chi connectivity index (χ1) is 8.24. The smallest absolute Gasteiger partial charge is 0.156 e. The van der Waals surface area contributed by atoms with Crippen molar-refractivity contribution in [2.75, 3.05) is 12.3 Å². The highest BCUT2D eigenvalue weighted by atomic mass is 32.2. The van der Waals surface area contributed by atoms with Gasteiger partial charge < -0.3 is 5.32 Å². The van der Waals surface area contributed by atoms with Gasteiger partial charge in [0, 0.05) is 12.6 Å². The molecule has 0 saturated heterocycles. The maximum Gasteiger partial charge on any atom is 0.156 e. The zero-order chi connectivity index (χ0) is 13.8. The molecule has 1 rings (SSSR count). The first kappa shape index (κ1) is 16.0. The van der Waals surface area contributed by atoms with Gasteiger partial charge in [-0.2, -0.15) is 0 Å². The molecule has 1 fully saturated rings. The molecule has 1 atom stereocenters. The normalized spacial score (nSPS) is 20.9. The van der Waals surface area contributed by atoms with Gasteiger partial charge in [0.15, 0.2) is 9.84 Å². The lowest BCUT2D eigenvalue weighted by molar-refractivity contribution is 0.285. The fourth-order valence-electron chi connectivity index (χ4n) is 2.53. The van der Waals surface area contributed by atoms with Crippen molar-refractivity contribution >= 4 is 9.84 Å². The molecule has 1 aliphatic rings. The van der Waals surface area contributed by atoms with Crippen molar-refractivity contribution in [3.05, 3.63) is 0 Å². The first-order valence-electron chi connectivity index (χ1n) is 7.20. The Hall–Kier alpha value is -0.0900. The van der Waals surface area contributed by atoms with Gasteiger partial charge in [-0.1, -0.05) is 19.3 Å². The van der Waals surface area contributed by atoms with E-state index in [1.807, 2.05) is 0 Å². The molecule has 18 heavy (non-hydrogen) atoms. The Balaban J connectivity index is 2.33. The van der Waals surface area contributed by atoms with E-state index in [1.165, 1.54) is 32.1 Å². The molecule has 0 aromatic heterocycles. The van der Waals surface area contributed by atoms with E-state index in [1.54, 1.807) is 20.8 Å². The quantitative estimate of drug-likeness (QED) is 0.839. The number of hydrogen-bond donors (Lipinski definition) is 1. The van der Waals surface area contributed by atoms with Gasteiger partial charge in [-0.05, 0) is 46.5 Å². The van der Waals surface area contributed by atoms with Gasteiger partial charge in [0.2, 0.25) is 0 Å². The summed E-state index contributed by atoms with van der Waals surface area (Å²) in [4.78, 5) is 0. The van der Waals surface area contributed by atoms with Gasteiger partial charge in [0.25, 0.3) is 0 Å². The van der Waals surface area contributed by atoms with Crippen LogP contribution in [-0.4, -0.2) is 31.5 Å². The van der Waals surface area contributed by atoms with Gasteiger partial charge in [-0.3, -0.25) is 0 Å². The highest BCUT2D eigenvalue weighted by Crippen LogP contribution is 2.26. The monoisotopic (exact) mass is 275 g/mol. The third-order valence-corrected chi connectivity index (χ3v) is 6.73. The maximum atomic E-state index is 12.0.